The summed E-state index contributed by atoms with van der Waals surface area (Å²) in [5, 5.41) is 17.6. The molecule has 2 N–H and O–H groups in total. The third-order valence-electron chi connectivity index (χ3n) is 4.88. The van der Waals surface area contributed by atoms with Crippen LogP contribution >= 0.6 is 15.9 Å². The molecule has 30 heavy (non-hydrogen) atoms. The van der Waals surface area contributed by atoms with Gasteiger partial charge in [0, 0.05) is 11.4 Å². The van der Waals surface area contributed by atoms with Crippen molar-refractivity contribution in [3.05, 3.63) is 58.8 Å². The van der Waals surface area contributed by atoms with Crippen molar-refractivity contribution in [3.8, 4) is 11.5 Å². The molecule has 0 fully saturated rings. The number of phenolic OH excluding ortho intramolecular Hbond substituents is 1. The van der Waals surface area contributed by atoms with Gasteiger partial charge in [-0.1, -0.05) is 18.2 Å². The fourth-order valence-corrected chi connectivity index (χ4v) is 4.02. The fraction of sp³-hybridized carbons (Fsp3) is 0.238. The maximum absolute atomic E-state index is 13.3. The number of carbonyl (C=O) groups excluding carboxylic acids is 1. The molecule has 1 aromatic heterocycles. The van der Waals surface area contributed by atoms with E-state index < -0.39 is 12.0 Å². The van der Waals surface area contributed by atoms with Crippen LogP contribution in [0.15, 0.2) is 58.3 Å². The molecule has 0 saturated heterocycles. The fourth-order valence-electron chi connectivity index (χ4n) is 3.56. The second-order valence-electron chi connectivity index (χ2n) is 6.82. The Bertz CT molecular complexity index is 1110. The number of halogens is 1. The number of aliphatic imine (C=N–C) groups is 1. The van der Waals surface area contributed by atoms with Gasteiger partial charge in [-0.3, -0.25) is 4.79 Å². The summed E-state index contributed by atoms with van der Waals surface area (Å²) in [5.41, 5.74) is 2.05. The van der Waals surface area contributed by atoms with Crippen molar-refractivity contribution in [2.45, 2.75) is 19.9 Å². The molecule has 8 nitrogen and oxygen atoms in total. The van der Waals surface area contributed by atoms with Crippen LogP contribution in [0.25, 0.3) is 0 Å². The number of rotatable bonds is 5. The van der Waals surface area contributed by atoms with E-state index in [-0.39, 0.29) is 11.7 Å². The highest BCUT2D eigenvalue weighted by atomic mass is 79.9. The first-order valence-corrected chi connectivity index (χ1v) is 10.2. The van der Waals surface area contributed by atoms with Gasteiger partial charge in [0.05, 0.1) is 17.1 Å². The molecule has 0 spiro atoms. The molecule has 0 aliphatic carbocycles. The van der Waals surface area contributed by atoms with Crippen LogP contribution in [0.4, 0.5) is 11.6 Å². The number of fused-ring (bicyclic) bond motifs is 1. The number of phenols is 1. The van der Waals surface area contributed by atoms with Crippen molar-refractivity contribution in [2.75, 3.05) is 11.9 Å². The van der Waals surface area contributed by atoms with Crippen molar-refractivity contribution in [1.82, 2.24) is 14.8 Å². The Labute approximate surface area is 181 Å². The van der Waals surface area contributed by atoms with E-state index >= 15 is 0 Å². The highest BCUT2D eigenvalue weighted by Gasteiger charge is 2.39. The summed E-state index contributed by atoms with van der Waals surface area (Å²) in [6, 6.07) is 12.2. The first-order valence-electron chi connectivity index (χ1n) is 9.45. The predicted octanol–water partition coefficient (Wildman–Crippen LogP) is 4.10. The number of aromatic hydroxyl groups is 1. The number of ether oxygens (including phenoxy) is 1. The molecular formula is C21H20BrN5O3. The van der Waals surface area contributed by atoms with Gasteiger partial charge in [-0.05, 0) is 59.6 Å². The molecule has 3 aromatic rings. The molecule has 0 bridgehead atoms. The van der Waals surface area contributed by atoms with Crippen LogP contribution in [0.2, 0.25) is 0 Å². The van der Waals surface area contributed by atoms with E-state index in [0.717, 1.165) is 5.56 Å². The number of aromatic nitrogens is 3. The van der Waals surface area contributed by atoms with Gasteiger partial charge in [0.25, 0.3) is 0 Å². The number of benzene rings is 2. The second kappa shape index (κ2) is 8.27. The summed E-state index contributed by atoms with van der Waals surface area (Å²) < 4.78 is 7.67. The Morgan fingerprint density at radius 1 is 1.30 bits per heavy atom. The van der Waals surface area contributed by atoms with Gasteiger partial charge in [0.15, 0.2) is 11.5 Å². The van der Waals surface area contributed by atoms with Gasteiger partial charge in [-0.2, -0.15) is 10.1 Å². The number of nitrogens with one attached hydrogen (secondary N) is 1. The largest absolute Gasteiger partial charge is 0.503 e. The van der Waals surface area contributed by atoms with Crippen LogP contribution in [-0.4, -0.2) is 38.1 Å². The van der Waals surface area contributed by atoms with Crippen LogP contribution in [0.1, 0.15) is 25.5 Å². The maximum Gasteiger partial charge on any atom is 0.248 e. The highest BCUT2D eigenvalue weighted by molar-refractivity contribution is 9.10. The van der Waals surface area contributed by atoms with Gasteiger partial charge in [-0.25, -0.2) is 9.67 Å². The van der Waals surface area contributed by atoms with E-state index in [9.17, 15) is 9.90 Å². The third-order valence-corrected chi connectivity index (χ3v) is 5.48. The minimum Gasteiger partial charge on any atom is -0.503 e. The van der Waals surface area contributed by atoms with Gasteiger partial charge in [-0.15, -0.1) is 0 Å². The van der Waals surface area contributed by atoms with Gasteiger partial charge in [0.2, 0.25) is 11.9 Å². The average molecular weight is 470 g/mol. The minimum atomic E-state index is -0.634. The summed E-state index contributed by atoms with van der Waals surface area (Å²) in [6.07, 6.45) is 1.41. The molecule has 9 heteroatoms. The second-order valence-corrected chi connectivity index (χ2v) is 7.67. The molecule has 0 radical (unpaired) electrons. The zero-order valence-corrected chi connectivity index (χ0v) is 18.0. The quantitative estimate of drug-likeness (QED) is 0.585. The summed E-state index contributed by atoms with van der Waals surface area (Å²) in [4.78, 5) is 22.0. The van der Waals surface area contributed by atoms with E-state index in [1.807, 2.05) is 37.3 Å². The zero-order valence-electron chi connectivity index (χ0n) is 16.4. The molecule has 4 rings (SSSR count). The number of nitrogens with zero attached hydrogens (tertiary/aromatic N) is 4. The number of para-hydroxylation sites is 1. The third kappa shape index (κ3) is 3.68. The number of carbonyl (C=O) groups is 1. The first-order chi connectivity index (χ1) is 14.5. The first kappa shape index (κ1) is 20.1. The Balaban J connectivity index is 1.80. The topological polar surface area (TPSA) is 102 Å². The SMILES string of the molecule is CCOc1cc(C2C(C(=O)Nc3ccccc3)C(C)=Nc3ncnn32)cc(Br)c1O. The van der Waals surface area contributed by atoms with Crippen LogP contribution in [0.3, 0.4) is 0 Å². The van der Waals surface area contributed by atoms with Crippen LogP contribution in [0.5, 0.6) is 11.5 Å². The molecule has 2 unspecified atom stereocenters. The lowest BCUT2D eigenvalue weighted by Gasteiger charge is -2.31. The molecule has 2 heterocycles. The van der Waals surface area contributed by atoms with E-state index in [1.165, 1.54) is 6.33 Å². The molecule has 2 aromatic carbocycles. The van der Waals surface area contributed by atoms with Crippen LogP contribution in [-0.2, 0) is 4.79 Å². The zero-order chi connectivity index (χ0) is 21.3. The number of hydrogen-bond donors (Lipinski definition) is 2. The lowest BCUT2D eigenvalue weighted by atomic mass is 9.87. The molecule has 1 aliphatic rings. The van der Waals surface area contributed by atoms with E-state index in [0.29, 0.717) is 34.2 Å². The van der Waals surface area contributed by atoms with Gasteiger partial charge >= 0.3 is 0 Å². The average Bonchev–Trinajstić information content (AvgIpc) is 3.19. The maximum atomic E-state index is 13.3. The highest BCUT2D eigenvalue weighted by Crippen LogP contribution is 2.42. The Kier molecular flexibility index (Phi) is 5.54. The van der Waals surface area contributed by atoms with Gasteiger partial charge < -0.3 is 15.2 Å². The number of amides is 1. The minimum absolute atomic E-state index is 0.00546. The number of anilines is 1. The molecule has 2 atom stereocenters. The Morgan fingerprint density at radius 3 is 2.80 bits per heavy atom. The molecular weight excluding hydrogens is 450 g/mol. The van der Waals surface area contributed by atoms with Crippen molar-refractivity contribution >= 4 is 39.2 Å². The van der Waals surface area contributed by atoms with Gasteiger partial charge in [0.1, 0.15) is 12.2 Å². The molecule has 0 saturated carbocycles. The monoisotopic (exact) mass is 469 g/mol. The van der Waals surface area contributed by atoms with Crippen molar-refractivity contribution < 1.29 is 14.6 Å². The van der Waals surface area contributed by atoms with Crippen molar-refractivity contribution in [2.24, 2.45) is 10.9 Å². The predicted molar refractivity (Wildman–Crippen MR) is 116 cm³/mol. The lowest BCUT2D eigenvalue weighted by molar-refractivity contribution is -0.118. The Hall–Kier alpha value is -3.20. The lowest BCUT2D eigenvalue weighted by Crippen LogP contribution is -2.39. The van der Waals surface area contributed by atoms with E-state index in [4.69, 9.17) is 4.74 Å². The summed E-state index contributed by atoms with van der Waals surface area (Å²) in [6.45, 7) is 4.03. The summed E-state index contributed by atoms with van der Waals surface area (Å²) in [7, 11) is 0. The standard InChI is InChI=1S/C21H20BrN5O3/c1-3-30-16-10-13(9-15(22)19(16)28)18-17(12(2)25-21-23-11-24-27(18)21)20(29)26-14-7-5-4-6-8-14/h4-11,17-18,28H,3H2,1-2H3,(H,26,29). The smallest absolute Gasteiger partial charge is 0.248 e. The van der Waals surface area contributed by atoms with Crippen molar-refractivity contribution in [1.29, 1.82) is 0 Å². The summed E-state index contributed by atoms with van der Waals surface area (Å²) in [5.74, 6) is -0.0960. The number of hydrogen-bond acceptors (Lipinski definition) is 6. The van der Waals surface area contributed by atoms with Crippen LogP contribution < -0.4 is 10.1 Å². The van der Waals surface area contributed by atoms with Crippen molar-refractivity contribution in [3.63, 3.8) is 0 Å². The molecule has 154 valence electrons. The van der Waals surface area contributed by atoms with Crippen LogP contribution in [0, 0.1) is 5.92 Å². The molecule has 1 amide bonds. The van der Waals surface area contributed by atoms with E-state index in [2.05, 4.69) is 36.3 Å². The Morgan fingerprint density at radius 2 is 2.07 bits per heavy atom. The van der Waals surface area contributed by atoms with E-state index in [1.54, 1.807) is 23.7 Å². The normalized spacial score (nSPS) is 17.8. The summed E-state index contributed by atoms with van der Waals surface area (Å²) >= 11 is 3.38. The molecule has 1 aliphatic heterocycles.